The molecule has 20 heavy (non-hydrogen) atoms. The molecule has 1 rings (SSSR count). The van der Waals surface area contributed by atoms with Crippen LogP contribution in [0, 0.1) is 0 Å². The van der Waals surface area contributed by atoms with Gasteiger partial charge in [-0.25, -0.2) is 0 Å². The minimum absolute atomic E-state index is 0.0693. The summed E-state index contributed by atoms with van der Waals surface area (Å²) in [4.78, 5) is 12.9. The van der Waals surface area contributed by atoms with Crippen LogP contribution in [0.5, 0.6) is 0 Å². The normalized spacial score (nSPS) is 15.4. The molecule has 1 aromatic carbocycles. The number of carbonyl (C=O) groups is 1. The lowest BCUT2D eigenvalue weighted by Crippen LogP contribution is -2.39. The highest BCUT2D eigenvalue weighted by molar-refractivity contribution is 8.28. The van der Waals surface area contributed by atoms with E-state index in [0.29, 0.717) is 12.8 Å². The Balaban J connectivity index is 3.17. The van der Waals surface area contributed by atoms with Crippen molar-refractivity contribution < 1.29 is 8.98 Å². The molecular formula is C17H26O2S. The monoisotopic (exact) mass is 294 g/mol. The van der Waals surface area contributed by atoms with Crippen LogP contribution in [-0.2, 0) is 10.6 Å². The topological polar surface area (TPSA) is 26.3 Å². The molecule has 3 heteroatoms. The predicted molar refractivity (Wildman–Crippen MR) is 89.8 cm³/mol. The van der Waals surface area contributed by atoms with Gasteiger partial charge in [-0.3, -0.25) is 4.79 Å². The summed E-state index contributed by atoms with van der Waals surface area (Å²) in [5.41, 5.74) is 1.00. The van der Waals surface area contributed by atoms with Crippen molar-refractivity contribution in [3.05, 3.63) is 48.0 Å². The molecule has 2 nitrogen and oxygen atoms in total. The molecule has 1 aromatic rings. The van der Waals surface area contributed by atoms with Crippen molar-refractivity contribution in [3.8, 4) is 0 Å². The molecule has 0 fully saturated rings. The number of Topliss-reactive ketones (excluding diaryl/α,β-unsaturated/α-hetero) is 1. The molecule has 0 spiro atoms. The summed E-state index contributed by atoms with van der Waals surface area (Å²) >= 11 is 0. The summed E-state index contributed by atoms with van der Waals surface area (Å²) in [7, 11) is -1.21. The molecule has 0 radical (unpaired) electrons. The van der Waals surface area contributed by atoms with Gasteiger partial charge in [0.15, 0.2) is 5.78 Å². The molecular weight excluding hydrogens is 268 g/mol. The lowest BCUT2D eigenvalue weighted by Gasteiger charge is -2.37. The molecule has 0 bridgehead atoms. The standard InChI is InChI=1S/C17H26O2S/c1-7-11-14-12-9-10-13-15(14)16(18)17(3,8-2)19-20(4,5)6/h7,9-10,12-13H,1,8,11H2,2-6H3. The number of hydrogen-bond acceptors (Lipinski definition) is 2. The zero-order valence-corrected chi connectivity index (χ0v) is 14.0. The largest absolute Gasteiger partial charge is 0.323 e. The summed E-state index contributed by atoms with van der Waals surface area (Å²) in [5, 5.41) is 0. The first-order chi connectivity index (χ1) is 9.23. The molecule has 0 aliphatic heterocycles. The maximum absolute atomic E-state index is 12.9. The highest BCUT2D eigenvalue weighted by Gasteiger charge is 2.36. The third kappa shape index (κ3) is 4.22. The molecule has 0 amide bonds. The molecule has 1 unspecified atom stereocenters. The first kappa shape index (κ1) is 17.0. The van der Waals surface area contributed by atoms with Gasteiger partial charge in [-0.15, -0.1) is 16.9 Å². The fraction of sp³-hybridized carbons (Fsp3) is 0.471. The van der Waals surface area contributed by atoms with Crippen molar-refractivity contribution in [1.82, 2.24) is 0 Å². The van der Waals surface area contributed by atoms with Crippen molar-refractivity contribution in [2.24, 2.45) is 0 Å². The van der Waals surface area contributed by atoms with Crippen molar-refractivity contribution in [2.45, 2.75) is 32.3 Å². The zero-order valence-electron chi connectivity index (χ0n) is 13.2. The summed E-state index contributed by atoms with van der Waals surface area (Å²) in [6, 6.07) is 7.72. The van der Waals surface area contributed by atoms with Crippen LogP contribution in [0.15, 0.2) is 36.9 Å². The number of ketones is 1. The minimum Gasteiger partial charge on any atom is -0.323 e. The number of benzene rings is 1. The fourth-order valence-corrected chi connectivity index (χ4v) is 3.47. The van der Waals surface area contributed by atoms with Gasteiger partial charge < -0.3 is 4.18 Å². The van der Waals surface area contributed by atoms with Gasteiger partial charge in [0.2, 0.25) is 0 Å². The van der Waals surface area contributed by atoms with Crippen LogP contribution in [0.2, 0.25) is 0 Å². The first-order valence-electron chi connectivity index (χ1n) is 6.86. The second-order valence-electron chi connectivity index (χ2n) is 5.87. The number of allylic oxidation sites excluding steroid dienone is 1. The van der Waals surface area contributed by atoms with Crippen LogP contribution in [0.3, 0.4) is 0 Å². The Labute approximate surface area is 124 Å². The molecule has 0 saturated heterocycles. The summed E-state index contributed by atoms with van der Waals surface area (Å²) in [6.07, 6.45) is 9.37. The van der Waals surface area contributed by atoms with E-state index in [0.717, 1.165) is 11.1 Å². The maximum atomic E-state index is 12.9. The Kier molecular flexibility index (Phi) is 5.60. The van der Waals surface area contributed by atoms with Crippen molar-refractivity contribution >= 4 is 16.1 Å². The van der Waals surface area contributed by atoms with E-state index in [2.05, 4.69) is 25.3 Å². The third-order valence-corrected chi connectivity index (χ3v) is 4.08. The summed E-state index contributed by atoms with van der Waals surface area (Å²) in [6.45, 7) is 7.66. The smallest absolute Gasteiger partial charge is 0.195 e. The maximum Gasteiger partial charge on any atom is 0.195 e. The Morgan fingerprint density at radius 1 is 1.35 bits per heavy atom. The summed E-state index contributed by atoms with van der Waals surface area (Å²) in [5.74, 6) is 0.0693. The minimum atomic E-state index is -1.21. The Bertz CT molecular complexity index is 488. The lowest BCUT2D eigenvalue weighted by molar-refractivity contribution is 0.0565. The number of rotatable bonds is 7. The van der Waals surface area contributed by atoms with E-state index in [9.17, 15) is 4.79 Å². The van der Waals surface area contributed by atoms with E-state index in [1.54, 1.807) is 0 Å². The van der Waals surface area contributed by atoms with Crippen LogP contribution in [0.4, 0.5) is 0 Å². The van der Waals surface area contributed by atoms with Gasteiger partial charge in [-0.1, -0.05) is 37.3 Å². The third-order valence-electron chi connectivity index (χ3n) is 3.22. The number of carbonyl (C=O) groups excluding carboxylic acids is 1. The van der Waals surface area contributed by atoms with Crippen LogP contribution in [0.25, 0.3) is 0 Å². The average Bonchev–Trinajstić information content (AvgIpc) is 2.37. The zero-order chi connectivity index (χ0) is 15.4. The van der Waals surface area contributed by atoms with E-state index in [1.165, 1.54) is 0 Å². The molecule has 0 heterocycles. The van der Waals surface area contributed by atoms with Crippen molar-refractivity contribution in [3.63, 3.8) is 0 Å². The molecule has 112 valence electrons. The van der Waals surface area contributed by atoms with Gasteiger partial charge >= 0.3 is 0 Å². The van der Waals surface area contributed by atoms with E-state index in [-0.39, 0.29) is 5.78 Å². The van der Waals surface area contributed by atoms with Crippen LogP contribution < -0.4 is 0 Å². The van der Waals surface area contributed by atoms with E-state index in [4.69, 9.17) is 4.18 Å². The fourth-order valence-electron chi connectivity index (χ4n) is 2.17. The van der Waals surface area contributed by atoms with E-state index < -0.39 is 15.9 Å². The Morgan fingerprint density at radius 2 is 1.95 bits per heavy atom. The molecule has 1 atom stereocenters. The second kappa shape index (κ2) is 6.59. The van der Waals surface area contributed by atoms with Gasteiger partial charge in [0.1, 0.15) is 5.60 Å². The van der Waals surface area contributed by atoms with Gasteiger partial charge in [0.25, 0.3) is 0 Å². The van der Waals surface area contributed by atoms with Gasteiger partial charge in [0.05, 0.1) is 0 Å². The van der Waals surface area contributed by atoms with Gasteiger partial charge in [-0.2, -0.15) is 0 Å². The summed E-state index contributed by atoms with van der Waals surface area (Å²) < 4.78 is 6.13. The van der Waals surface area contributed by atoms with Gasteiger partial charge in [-0.05, 0) is 44.1 Å². The van der Waals surface area contributed by atoms with Crippen LogP contribution in [0.1, 0.15) is 36.2 Å². The molecule has 0 saturated carbocycles. The first-order valence-corrected chi connectivity index (χ1v) is 9.64. The van der Waals surface area contributed by atoms with E-state index in [1.807, 2.05) is 44.2 Å². The van der Waals surface area contributed by atoms with Crippen LogP contribution >= 0.6 is 10.3 Å². The second-order valence-corrected chi connectivity index (χ2v) is 9.49. The molecule has 0 aromatic heterocycles. The highest BCUT2D eigenvalue weighted by Crippen LogP contribution is 2.43. The van der Waals surface area contributed by atoms with Gasteiger partial charge in [0, 0.05) is 5.56 Å². The van der Waals surface area contributed by atoms with E-state index >= 15 is 0 Å². The SMILES string of the molecule is C=CCc1ccccc1C(=O)C(C)(CC)OS(C)(C)C. The van der Waals surface area contributed by atoms with Crippen molar-refractivity contribution in [1.29, 1.82) is 0 Å². The highest BCUT2D eigenvalue weighted by atomic mass is 32.3. The number of hydrogen-bond donors (Lipinski definition) is 0. The molecule has 0 aliphatic rings. The van der Waals surface area contributed by atoms with Crippen LogP contribution in [-0.4, -0.2) is 30.2 Å². The lowest BCUT2D eigenvalue weighted by atomic mass is 9.89. The van der Waals surface area contributed by atoms with Crippen molar-refractivity contribution in [2.75, 3.05) is 18.8 Å². The Hall–Kier alpha value is -1.06. The Morgan fingerprint density at radius 3 is 2.45 bits per heavy atom. The predicted octanol–water partition coefficient (Wildman–Crippen LogP) is 4.39. The molecule has 0 N–H and O–H groups in total. The average molecular weight is 294 g/mol. The molecule has 0 aliphatic carbocycles. The quantitative estimate of drug-likeness (QED) is 0.550.